The first-order chi connectivity index (χ1) is 16.5. The minimum absolute atomic E-state index is 0.0154. The van der Waals surface area contributed by atoms with Crippen LogP contribution in [0, 0.1) is 5.92 Å². The maximum atomic E-state index is 13.3. The van der Waals surface area contributed by atoms with Crippen molar-refractivity contribution in [2.24, 2.45) is 5.92 Å². The van der Waals surface area contributed by atoms with Crippen LogP contribution in [0.3, 0.4) is 0 Å². The van der Waals surface area contributed by atoms with Crippen molar-refractivity contribution in [2.45, 2.75) is 62.3 Å². The van der Waals surface area contributed by atoms with E-state index in [1.807, 2.05) is 24.3 Å². The number of furan rings is 1. The summed E-state index contributed by atoms with van der Waals surface area (Å²) >= 11 is 0. The summed E-state index contributed by atoms with van der Waals surface area (Å²) in [4.78, 5) is 15.7. The molecule has 2 fully saturated rings. The molecule has 5 rings (SSSR count). The van der Waals surface area contributed by atoms with Crippen molar-refractivity contribution in [2.75, 3.05) is 32.7 Å². The van der Waals surface area contributed by atoms with Crippen molar-refractivity contribution in [3.8, 4) is 0 Å². The summed E-state index contributed by atoms with van der Waals surface area (Å²) in [7, 11) is -3.53. The van der Waals surface area contributed by atoms with E-state index >= 15 is 0 Å². The van der Waals surface area contributed by atoms with Gasteiger partial charge in [0, 0.05) is 25.6 Å². The number of nitrogens with one attached hydrogen (secondary N) is 1. The van der Waals surface area contributed by atoms with Gasteiger partial charge < -0.3 is 9.73 Å². The molecule has 0 bridgehead atoms. The molecule has 2 saturated heterocycles. The molecule has 7 nitrogen and oxygen atoms in total. The molecule has 3 heterocycles. The second-order valence-electron chi connectivity index (χ2n) is 9.84. The first kappa shape index (κ1) is 23.6. The largest absolute Gasteiger partial charge is 0.468 e. The Morgan fingerprint density at radius 2 is 1.74 bits per heavy atom. The highest BCUT2D eigenvalue weighted by Crippen LogP contribution is 2.29. The van der Waals surface area contributed by atoms with Gasteiger partial charge in [0.15, 0.2) is 0 Å². The molecule has 0 unspecified atom stereocenters. The molecule has 34 heavy (non-hydrogen) atoms. The SMILES string of the molecule is O=C(NC[C@@H](c1ccco1)N1CCCC1)C1CCN(S(=O)(=O)c2ccc3c(c2)CCCC3)CC1. The number of sulfonamides is 1. The van der Waals surface area contributed by atoms with Crippen molar-refractivity contribution >= 4 is 15.9 Å². The van der Waals surface area contributed by atoms with E-state index in [9.17, 15) is 13.2 Å². The third-order valence-electron chi connectivity index (χ3n) is 7.71. The lowest BCUT2D eigenvalue weighted by Gasteiger charge is -2.32. The number of fused-ring (bicyclic) bond motifs is 1. The summed E-state index contributed by atoms with van der Waals surface area (Å²) in [5.74, 6) is 0.737. The van der Waals surface area contributed by atoms with Gasteiger partial charge in [-0.25, -0.2) is 8.42 Å². The van der Waals surface area contributed by atoms with Gasteiger partial charge in [0.25, 0.3) is 0 Å². The molecule has 3 aliphatic rings. The summed E-state index contributed by atoms with van der Waals surface area (Å²) in [6.45, 7) is 3.30. The number of amides is 1. The first-order valence-corrected chi connectivity index (χ1v) is 14.1. The van der Waals surface area contributed by atoms with Crippen LogP contribution in [0.15, 0.2) is 45.9 Å². The number of carbonyl (C=O) groups is 1. The van der Waals surface area contributed by atoms with E-state index in [1.54, 1.807) is 16.6 Å². The van der Waals surface area contributed by atoms with Crippen molar-refractivity contribution in [3.05, 3.63) is 53.5 Å². The minimum atomic E-state index is -3.53. The molecule has 8 heteroatoms. The maximum Gasteiger partial charge on any atom is 0.243 e. The van der Waals surface area contributed by atoms with Gasteiger partial charge >= 0.3 is 0 Å². The number of hydrogen-bond donors (Lipinski definition) is 1. The number of carbonyl (C=O) groups excluding carboxylic acids is 1. The Bertz CT molecular complexity index is 1090. The summed E-state index contributed by atoms with van der Waals surface area (Å²) in [6.07, 6.45) is 9.40. The number of hydrogen-bond acceptors (Lipinski definition) is 5. The van der Waals surface area contributed by atoms with Crippen LogP contribution in [-0.2, 0) is 27.7 Å². The van der Waals surface area contributed by atoms with Gasteiger partial charge in [-0.2, -0.15) is 4.31 Å². The van der Waals surface area contributed by atoms with Gasteiger partial charge in [-0.05, 0) is 99.8 Å². The molecule has 1 aromatic heterocycles. The van der Waals surface area contributed by atoms with E-state index in [4.69, 9.17) is 4.42 Å². The number of piperidine rings is 1. The van der Waals surface area contributed by atoms with Gasteiger partial charge in [0.2, 0.25) is 15.9 Å². The predicted octanol–water partition coefficient (Wildman–Crippen LogP) is 3.51. The fourth-order valence-corrected chi connectivity index (χ4v) is 7.18. The Hall–Kier alpha value is -2.16. The van der Waals surface area contributed by atoms with Crippen LogP contribution in [0.4, 0.5) is 0 Å². The summed E-state index contributed by atoms with van der Waals surface area (Å²) in [5, 5.41) is 3.13. The van der Waals surface area contributed by atoms with E-state index in [2.05, 4.69) is 10.2 Å². The highest BCUT2D eigenvalue weighted by atomic mass is 32.2. The van der Waals surface area contributed by atoms with E-state index in [0.29, 0.717) is 37.4 Å². The van der Waals surface area contributed by atoms with Gasteiger partial charge in [0.1, 0.15) is 5.76 Å². The normalized spacial score (nSPS) is 21.3. The summed E-state index contributed by atoms with van der Waals surface area (Å²) in [5.41, 5.74) is 2.45. The molecule has 1 aliphatic carbocycles. The van der Waals surface area contributed by atoms with Crippen LogP contribution >= 0.6 is 0 Å². The van der Waals surface area contributed by atoms with Gasteiger partial charge in [0.05, 0.1) is 17.2 Å². The maximum absolute atomic E-state index is 13.3. The molecule has 1 aromatic carbocycles. The Morgan fingerprint density at radius 1 is 1.00 bits per heavy atom. The number of likely N-dealkylation sites (tertiary alicyclic amines) is 1. The lowest BCUT2D eigenvalue weighted by molar-refractivity contribution is -0.126. The zero-order valence-corrected chi connectivity index (χ0v) is 20.6. The zero-order chi connectivity index (χ0) is 23.5. The van der Waals surface area contributed by atoms with Crippen LogP contribution < -0.4 is 5.32 Å². The van der Waals surface area contributed by atoms with E-state index in [1.165, 1.54) is 30.4 Å². The Labute approximate surface area is 202 Å². The summed E-state index contributed by atoms with van der Waals surface area (Å²) in [6, 6.07) is 9.52. The molecule has 2 aromatic rings. The minimum Gasteiger partial charge on any atom is -0.468 e. The molecule has 1 atom stereocenters. The van der Waals surface area contributed by atoms with Crippen LogP contribution in [-0.4, -0.2) is 56.3 Å². The average Bonchev–Trinajstić information content (AvgIpc) is 3.59. The van der Waals surface area contributed by atoms with E-state index in [-0.39, 0.29) is 17.9 Å². The smallest absolute Gasteiger partial charge is 0.243 e. The average molecular weight is 486 g/mol. The molecule has 184 valence electrons. The standard InChI is InChI=1S/C26H35N3O4S/c30-26(27-19-24(25-8-5-17-33-25)28-13-3-4-14-28)21-11-15-29(16-12-21)34(31,32)23-10-9-20-6-1-2-7-22(20)18-23/h5,8-10,17-18,21,24H,1-4,6-7,11-16,19H2,(H,27,30)/t24-/m0/s1. The predicted molar refractivity (Wildman–Crippen MR) is 130 cm³/mol. The highest BCUT2D eigenvalue weighted by Gasteiger charge is 2.33. The molecule has 2 aliphatic heterocycles. The van der Waals surface area contributed by atoms with Gasteiger partial charge in [-0.1, -0.05) is 6.07 Å². The van der Waals surface area contributed by atoms with Crippen molar-refractivity contribution in [1.82, 2.24) is 14.5 Å². The molecule has 0 radical (unpaired) electrons. The number of nitrogens with zero attached hydrogens (tertiary/aromatic N) is 2. The molecule has 0 spiro atoms. The van der Waals surface area contributed by atoms with Crippen molar-refractivity contribution in [1.29, 1.82) is 0 Å². The van der Waals surface area contributed by atoms with Crippen LogP contribution in [0.1, 0.15) is 61.5 Å². The monoisotopic (exact) mass is 485 g/mol. The molecule has 0 saturated carbocycles. The van der Waals surface area contributed by atoms with Gasteiger partial charge in [-0.3, -0.25) is 9.69 Å². The topological polar surface area (TPSA) is 82.9 Å². The lowest BCUT2D eigenvalue weighted by atomic mass is 9.92. The molecule has 1 amide bonds. The van der Waals surface area contributed by atoms with Crippen LogP contribution in [0.25, 0.3) is 0 Å². The lowest BCUT2D eigenvalue weighted by Crippen LogP contribution is -2.44. The fraction of sp³-hybridized carbons (Fsp3) is 0.577. The Kier molecular flexibility index (Phi) is 7.09. The third kappa shape index (κ3) is 4.95. The zero-order valence-electron chi connectivity index (χ0n) is 19.7. The number of benzene rings is 1. The third-order valence-corrected chi connectivity index (χ3v) is 9.60. The molecular weight excluding hydrogens is 450 g/mol. The van der Waals surface area contributed by atoms with Crippen LogP contribution in [0.2, 0.25) is 0 Å². The summed E-state index contributed by atoms with van der Waals surface area (Å²) < 4.78 is 33.7. The van der Waals surface area contributed by atoms with E-state index < -0.39 is 10.0 Å². The van der Waals surface area contributed by atoms with Crippen molar-refractivity contribution < 1.29 is 17.6 Å². The fourth-order valence-electron chi connectivity index (χ4n) is 5.66. The second-order valence-corrected chi connectivity index (χ2v) is 11.8. The quantitative estimate of drug-likeness (QED) is 0.649. The Balaban J connectivity index is 1.17. The van der Waals surface area contributed by atoms with E-state index in [0.717, 1.165) is 38.1 Å². The molecular formula is C26H35N3O4S. The van der Waals surface area contributed by atoms with Crippen molar-refractivity contribution in [3.63, 3.8) is 0 Å². The number of aryl methyl sites for hydroxylation is 2. The molecule has 1 N–H and O–H groups in total. The van der Waals surface area contributed by atoms with Gasteiger partial charge in [-0.15, -0.1) is 0 Å². The first-order valence-electron chi connectivity index (χ1n) is 12.7. The number of rotatable bonds is 7. The second kappa shape index (κ2) is 10.2. The van der Waals surface area contributed by atoms with Crippen LogP contribution in [0.5, 0.6) is 0 Å². The Morgan fingerprint density at radius 3 is 2.44 bits per heavy atom. The highest BCUT2D eigenvalue weighted by molar-refractivity contribution is 7.89.